The van der Waals surface area contributed by atoms with Crippen LogP contribution in [0.4, 0.5) is 21.0 Å². The molecule has 0 aliphatic carbocycles. The molecule has 0 spiro atoms. The third kappa shape index (κ3) is 19.3. The number of urea groups is 2. The number of nitrogens with zero attached hydrogens (tertiary/aromatic N) is 2. The molecule has 8 nitrogen and oxygen atoms in total. The van der Waals surface area contributed by atoms with E-state index < -0.39 is 0 Å². The highest BCUT2D eigenvalue weighted by Gasteiger charge is 2.08. The van der Waals surface area contributed by atoms with E-state index in [1.165, 1.54) is 64.2 Å². The van der Waals surface area contributed by atoms with Gasteiger partial charge in [-0.3, -0.25) is 0 Å². The highest BCUT2D eigenvalue weighted by Crippen LogP contribution is 2.18. The summed E-state index contributed by atoms with van der Waals surface area (Å²) in [4.78, 5) is 30.3. The van der Waals surface area contributed by atoms with Gasteiger partial charge in [0.25, 0.3) is 0 Å². The fourth-order valence-electron chi connectivity index (χ4n) is 5.72. The van der Waals surface area contributed by atoms with Crippen LogP contribution in [0, 0.1) is 0 Å². The molecular formula is C39H66N6O2. The number of carbonyl (C=O) groups excluding carboxylic acids is 2. The Morgan fingerprint density at radius 2 is 0.894 bits per heavy atom. The summed E-state index contributed by atoms with van der Waals surface area (Å²) < 4.78 is 0. The molecule has 0 bridgehead atoms. The van der Waals surface area contributed by atoms with Crippen molar-refractivity contribution in [3.8, 4) is 0 Å². The molecule has 0 heterocycles. The first-order chi connectivity index (χ1) is 23.0. The van der Waals surface area contributed by atoms with Gasteiger partial charge in [-0.2, -0.15) is 0 Å². The number of nitrogens with one attached hydrogen (secondary N) is 4. The monoisotopic (exact) mass is 651 g/mol. The Morgan fingerprint density at radius 3 is 1.30 bits per heavy atom. The molecular weight excluding hydrogens is 584 g/mol. The number of benzene rings is 2. The summed E-state index contributed by atoms with van der Waals surface area (Å²) in [5.74, 6) is 0. The Labute approximate surface area is 286 Å². The van der Waals surface area contributed by atoms with Crippen LogP contribution in [0.15, 0.2) is 48.5 Å². The molecule has 0 saturated heterocycles. The smallest absolute Gasteiger partial charge is 0.319 e. The van der Waals surface area contributed by atoms with Gasteiger partial charge in [0.1, 0.15) is 0 Å². The largest absolute Gasteiger partial charge is 0.338 e. The number of rotatable bonds is 26. The molecule has 0 fully saturated rings. The average molecular weight is 651 g/mol. The quantitative estimate of drug-likeness (QED) is 0.0766. The Kier molecular flexibility index (Phi) is 22.1. The van der Waals surface area contributed by atoms with Crippen LogP contribution in [0.25, 0.3) is 0 Å². The maximum absolute atomic E-state index is 12.6. The Morgan fingerprint density at radius 1 is 0.511 bits per heavy atom. The minimum Gasteiger partial charge on any atom is -0.338 e. The number of amides is 4. The lowest BCUT2D eigenvalue weighted by Crippen LogP contribution is -2.33. The predicted molar refractivity (Wildman–Crippen MR) is 201 cm³/mol. The van der Waals surface area contributed by atoms with Gasteiger partial charge < -0.3 is 31.1 Å². The van der Waals surface area contributed by atoms with Crippen molar-refractivity contribution in [2.75, 3.05) is 63.0 Å². The maximum Gasteiger partial charge on any atom is 0.319 e. The lowest BCUT2D eigenvalue weighted by atomic mass is 10.0. The van der Waals surface area contributed by atoms with E-state index in [4.69, 9.17) is 0 Å². The minimum absolute atomic E-state index is 0.171. The molecule has 0 aliphatic rings. The van der Waals surface area contributed by atoms with Crippen molar-refractivity contribution in [1.82, 2.24) is 20.4 Å². The molecule has 2 aromatic carbocycles. The van der Waals surface area contributed by atoms with Gasteiger partial charge in [0, 0.05) is 24.5 Å². The fraction of sp³-hybridized carbons (Fsp3) is 0.641. The van der Waals surface area contributed by atoms with E-state index in [0.717, 1.165) is 74.6 Å². The van der Waals surface area contributed by atoms with Crippen LogP contribution >= 0.6 is 0 Å². The molecule has 2 aromatic rings. The van der Waals surface area contributed by atoms with Crippen LogP contribution in [0.3, 0.4) is 0 Å². The summed E-state index contributed by atoms with van der Waals surface area (Å²) in [7, 11) is 0. The normalized spacial score (nSPS) is 11.2. The van der Waals surface area contributed by atoms with Crippen LogP contribution in [-0.2, 0) is 6.42 Å². The van der Waals surface area contributed by atoms with Crippen LogP contribution in [0.5, 0.6) is 0 Å². The first-order valence-electron chi connectivity index (χ1n) is 18.7. The predicted octanol–water partition coefficient (Wildman–Crippen LogP) is 8.89. The number of hydrogen-bond acceptors (Lipinski definition) is 4. The van der Waals surface area contributed by atoms with E-state index in [1.54, 1.807) is 0 Å². The fourth-order valence-corrected chi connectivity index (χ4v) is 5.72. The average Bonchev–Trinajstić information content (AvgIpc) is 3.06. The van der Waals surface area contributed by atoms with Crippen molar-refractivity contribution >= 4 is 23.4 Å². The Balaban J connectivity index is 1.76. The first-order valence-corrected chi connectivity index (χ1v) is 18.7. The SMILES string of the molecule is CCCCCN(CCCC)CCCNC(=O)Nc1cccc(Cc2cccc(NC(=O)NCCCN(CCCC)CCCCC)c2)c1. The molecule has 0 unspecified atom stereocenters. The molecule has 0 saturated carbocycles. The van der Waals surface area contributed by atoms with E-state index in [2.05, 4.69) is 70.9 Å². The summed E-state index contributed by atoms with van der Waals surface area (Å²) in [6.45, 7) is 16.9. The number of carbonyl (C=O) groups is 2. The van der Waals surface area contributed by atoms with E-state index in [-0.39, 0.29) is 12.1 Å². The molecule has 0 aromatic heterocycles. The Bertz CT molecular complexity index is 1020. The first kappa shape index (κ1) is 40.1. The summed E-state index contributed by atoms with van der Waals surface area (Å²) in [6, 6.07) is 15.6. The summed E-state index contributed by atoms with van der Waals surface area (Å²) in [5, 5.41) is 12.0. The third-order valence-corrected chi connectivity index (χ3v) is 8.46. The van der Waals surface area contributed by atoms with Gasteiger partial charge in [-0.1, -0.05) is 90.5 Å². The van der Waals surface area contributed by atoms with Gasteiger partial charge >= 0.3 is 12.1 Å². The number of anilines is 2. The Hall–Kier alpha value is -3.10. The second kappa shape index (κ2) is 25.9. The lowest BCUT2D eigenvalue weighted by Gasteiger charge is -2.22. The summed E-state index contributed by atoms with van der Waals surface area (Å²) in [6.07, 6.45) is 15.0. The second-order valence-electron chi connectivity index (χ2n) is 12.9. The lowest BCUT2D eigenvalue weighted by molar-refractivity contribution is 0.245. The molecule has 8 heteroatoms. The third-order valence-electron chi connectivity index (χ3n) is 8.46. The zero-order valence-corrected chi connectivity index (χ0v) is 30.2. The van der Waals surface area contributed by atoms with Gasteiger partial charge in [-0.25, -0.2) is 9.59 Å². The molecule has 2 rings (SSSR count). The van der Waals surface area contributed by atoms with Crippen molar-refractivity contribution in [3.05, 3.63) is 59.7 Å². The number of hydrogen-bond donors (Lipinski definition) is 4. The topological polar surface area (TPSA) is 88.7 Å². The van der Waals surface area contributed by atoms with Gasteiger partial charge in [0.2, 0.25) is 0 Å². The zero-order chi connectivity index (χ0) is 34.0. The van der Waals surface area contributed by atoms with Gasteiger partial charge in [0.05, 0.1) is 0 Å². The maximum atomic E-state index is 12.6. The second-order valence-corrected chi connectivity index (χ2v) is 12.9. The van der Waals surface area contributed by atoms with Crippen LogP contribution < -0.4 is 21.3 Å². The highest BCUT2D eigenvalue weighted by atomic mass is 16.2. The summed E-state index contributed by atoms with van der Waals surface area (Å²) >= 11 is 0. The molecule has 4 N–H and O–H groups in total. The van der Waals surface area contributed by atoms with Crippen molar-refractivity contribution in [3.63, 3.8) is 0 Å². The zero-order valence-electron chi connectivity index (χ0n) is 30.2. The van der Waals surface area contributed by atoms with Crippen molar-refractivity contribution < 1.29 is 9.59 Å². The summed E-state index contributed by atoms with van der Waals surface area (Å²) in [5.41, 5.74) is 3.73. The highest BCUT2D eigenvalue weighted by molar-refractivity contribution is 5.89. The van der Waals surface area contributed by atoms with Crippen LogP contribution in [-0.4, -0.2) is 74.2 Å². The van der Waals surface area contributed by atoms with Gasteiger partial charge in [-0.05, 0) is 120 Å². The molecule has 0 atom stereocenters. The van der Waals surface area contributed by atoms with E-state index in [9.17, 15) is 9.59 Å². The van der Waals surface area contributed by atoms with Crippen LogP contribution in [0.1, 0.15) is 116 Å². The van der Waals surface area contributed by atoms with E-state index in [0.29, 0.717) is 19.5 Å². The standard InChI is InChI=1S/C39H66N6O2/c1-5-9-13-27-44(25-11-7-3)29-17-23-40-38(46)42-36-21-15-19-34(32-36)31-35-20-16-22-37(33-35)43-39(47)41-24-18-30-45(26-12-8-4)28-14-10-6-2/h15-16,19-22,32-33H,5-14,17-18,23-31H2,1-4H3,(H2,40,42,46)(H2,41,43,47). The molecule has 264 valence electrons. The molecule has 4 amide bonds. The molecule has 47 heavy (non-hydrogen) atoms. The van der Waals surface area contributed by atoms with Crippen LogP contribution in [0.2, 0.25) is 0 Å². The van der Waals surface area contributed by atoms with Crippen molar-refractivity contribution in [2.45, 2.75) is 111 Å². The van der Waals surface area contributed by atoms with Gasteiger partial charge in [0.15, 0.2) is 0 Å². The molecule has 0 aliphatic heterocycles. The van der Waals surface area contributed by atoms with Gasteiger partial charge in [-0.15, -0.1) is 0 Å². The van der Waals surface area contributed by atoms with Crippen molar-refractivity contribution in [1.29, 1.82) is 0 Å². The number of unbranched alkanes of at least 4 members (excludes halogenated alkanes) is 6. The van der Waals surface area contributed by atoms with Crippen molar-refractivity contribution in [2.24, 2.45) is 0 Å². The van der Waals surface area contributed by atoms with E-state index in [1.807, 2.05) is 36.4 Å². The minimum atomic E-state index is -0.171. The van der Waals surface area contributed by atoms with E-state index >= 15 is 0 Å². The molecule has 0 radical (unpaired) electrons.